The number of amides is 1. The van der Waals surface area contributed by atoms with Gasteiger partial charge in [-0.2, -0.15) is 0 Å². The SMILES string of the molecule is COc1cc(N)c(Cl)cc1C(=O)OCC(=O)N1[C@H](C)CCC[C@H]1C. The molecule has 1 amide bonds. The number of esters is 1. The molecule has 0 spiro atoms. The van der Waals surface area contributed by atoms with E-state index in [2.05, 4.69) is 0 Å². The largest absolute Gasteiger partial charge is 0.496 e. The molecule has 24 heavy (non-hydrogen) atoms. The highest BCUT2D eigenvalue weighted by atomic mass is 35.5. The molecule has 2 N–H and O–H groups in total. The van der Waals surface area contributed by atoms with Crippen LogP contribution >= 0.6 is 11.6 Å². The number of likely N-dealkylation sites (tertiary alicyclic amines) is 1. The molecule has 1 saturated heterocycles. The van der Waals surface area contributed by atoms with E-state index in [0.29, 0.717) is 5.69 Å². The van der Waals surface area contributed by atoms with Crippen LogP contribution < -0.4 is 10.5 Å². The normalized spacial score (nSPS) is 20.6. The fourth-order valence-corrected chi connectivity index (χ4v) is 3.25. The van der Waals surface area contributed by atoms with Gasteiger partial charge in [-0.15, -0.1) is 0 Å². The van der Waals surface area contributed by atoms with Gasteiger partial charge < -0.3 is 20.1 Å². The molecule has 2 rings (SSSR count). The second-order valence-electron chi connectivity index (χ2n) is 6.08. The van der Waals surface area contributed by atoms with Gasteiger partial charge in [-0.3, -0.25) is 4.79 Å². The molecule has 1 fully saturated rings. The Balaban J connectivity index is 2.05. The minimum absolute atomic E-state index is 0.143. The van der Waals surface area contributed by atoms with E-state index in [9.17, 15) is 9.59 Å². The maximum absolute atomic E-state index is 12.4. The number of hydrogen-bond donors (Lipinski definition) is 1. The average molecular weight is 355 g/mol. The molecule has 0 radical (unpaired) electrons. The number of carbonyl (C=O) groups is 2. The van der Waals surface area contributed by atoms with Crippen molar-refractivity contribution in [1.82, 2.24) is 4.90 Å². The molecule has 2 atom stereocenters. The van der Waals surface area contributed by atoms with E-state index in [0.717, 1.165) is 19.3 Å². The third-order valence-corrected chi connectivity index (χ3v) is 4.67. The van der Waals surface area contributed by atoms with Crippen LogP contribution in [-0.4, -0.2) is 42.6 Å². The Labute approximate surface area is 146 Å². The van der Waals surface area contributed by atoms with Crippen LogP contribution in [0.2, 0.25) is 5.02 Å². The Kier molecular flexibility index (Phi) is 5.94. The van der Waals surface area contributed by atoms with Crippen molar-refractivity contribution in [3.05, 3.63) is 22.7 Å². The summed E-state index contributed by atoms with van der Waals surface area (Å²) >= 11 is 5.95. The minimum atomic E-state index is -0.667. The molecule has 0 aliphatic carbocycles. The molecule has 0 bridgehead atoms. The number of nitrogens with zero attached hydrogens (tertiary/aromatic N) is 1. The summed E-state index contributed by atoms with van der Waals surface area (Å²) in [5, 5.41) is 0.229. The minimum Gasteiger partial charge on any atom is -0.496 e. The zero-order valence-electron chi connectivity index (χ0n) is 14.2. The number of rotatable bonds is 4. The van der Waals surface area contributed by atoms with Crippen LogP contribution in [0, 0.1) is 0 Å². The van der Waals surface area contributed by atoms with Crippen LogP contribution in [0.1, 0.15) is 43.5 Å². The number of carbonyl (C=O) groups excluding carboxylic acids is 2. The van der Waals surface area contributed by atoms with E-state index in [1.165, 1.54) is 19.2 Å². The van der Waals surface area contributed by atoms with Crippen LogP contribution in [0.4, 0.5) is 5.69 Å². The summed E-state index contributed by atoms with van der Waals surface area (Å²) in [6, 6.07) is 3.14. The number of benzene rings is 1. The molecule has 1 aromatic carbocycles. The van der Waals surface area contributed by atoms with Crippen molar-refractivity contribution in [3.63, 3.8) is 0 Å². The number of piperidine rings is 1. The smallest absolute Gasteiger partial charge is 0.342 e. The summed E-state index contributed by atoms with van der Waals surface area (Å²) in [6.07, 6.45) is 3.03. The first-order valence-corrected chi connectivity index (χ1v) is 8.34. The number of methoxy groups -OCH3 is 1. The van der Waals surface area contributed by atoms with Gasteiger partial charge in [0.2, 0.25) is 0 Å². The van der Waals surface area contributed by atoms with E-state index in [1.54, 1.807) is 4.90 Å². The summed E-state index contributed by atoms with van der Waals surface area (Å²) in [4.78, 5) is 26.5. The highest BCUT2D eigenvalue weighted by Crippen LogP contribution is 2.29. The van der Waals surface area contributed by atoms with Crippen LogP contribution in [-0.2, 0) is 9.53 Å². The lowest BCUT2D eigenvalue weighted by Gasteiger charge is -2.38. The molecular formula is C17H23ClN2O4. The molecule has 1 aliphatic heterocycles. The maximum Gasteiger partial charge on any atom is 0.342 e. The number of nitrogen functional groups attached to an aromatic ring is 1. The lowest BCUT2D eigenvalue weighted by atomic mass is 9.97. The van der Waals surface area contributed by atoms with E-state index in [1.807, 2.05) is 13.8 Å². The molecule has 0 saturated carbocycles. The van der Waals surface area contributed by atoms with Crippen molar-refractivity contribution in [2.75, 3.05) is 19.5 Å². The first-order valence-electron chi connectivity index (χ1n) is 7.96. The fourth-order valence-electron chi connectivity index (χ4n) is 3.09. The zero-order valence-corrected chi connectivity index (χ0v) is 14.9. The quantitative estimate of drug-likeness (QED) is 0.664. The second-order valence-corrected chi connectivity index (χ2v) is 6.49. The molecule has 1 heterocycles. The van der Waals surface area contributed by atoms with Crippen LogP contribution in [0.25, 0.3) is 0 Å². The van der Waals surface area contributed by atoms with Crippen molar-refractivity contribution in [2.24, 2.45) is 0 Å². The number of anilines is 1. The summed E-state index contributed by atoms with van der Waals surface area (Å²) in [5.74, 6) is -0.600. The Morgan fingerprint density at radius 1 is 1.29 bits per heavy atom. The fraction of sp³-hybridized carbons (Fsp3) is 0.529. The Morgan fingerprint density at radius 2 is 1.92 bits per heavy atom. The molecule has 132 valence electrons. The van der Waals surface area contributed by atoms with Crippen molar-refractivity contribution < 1.29 is 19.1 Å². The number of nitrogens with two attached hydrogens (primary N) is 1. The summed E-state index contributed by atoms with van der Waals surface area (Å²) in [5.41, 5.74) is 6.14. The van der Waals surface area contributed by atoms with E-state index in [-0.39, 0.29) is 40.9 Å². The van der Waals surface area contributed by atoms with Gasteiger partial charge in [-0.05, 0) is 39.2 Å². The lowest BCUT2D eigenvalue weighted by Crippen LogP contribution is -2.49. The van der Waals surface area contributed by atoms with E-state index < -0.39 is 5.97 Å². The van der Waals surface area contributed by atoms with Gasteiger partial charge in [0.15, 0.2) is 6.61 Å². The molecule has 7 heteroatoms. The molecule has 0 unspecified atom stereocenters. The summed E-state index contributed by atoms with van der Waals surface area (Å²) in [7, 11) is 1.42. The van der Waals surface area contributed by atoms with Crippen molar-refractivity contribution in [2.45, 2.75) is 45.2 Å². The van der Waals surface area contributed by atoms with Crippen LogP contribution in [0.5, 0.6) is 5.75 Å². The van der Waals surface area contributed by atoms with Crippen molar-refractivity contribution in [3.8, 4) is 5.75 Å². The van der Waals surface area contributed by atoms with Crippen LogP contribution in [0.15, 0.2) is 12.1 Å². The highest BCUT2D eigenvalue weighted by molar-refractivity contribution is 6.33. The van der Waals surface area contributed by atoms with Gasteiger partial charge in [0.25, 0.3) is 5.91 Å². The zero-order chi connectivity index (χ0) is 17.9. The van der Waals surface area contributed by atoms with Gasteiger partial charge in [-0.25, -0.2) is 4.79 Å². The Hall–Kier alpha value is -1.95. The number of hydrogen-bond acceptors (Lipinski definition) is 5. The number of ether oxygens (including phenoxy) is 2. The standard InChI is InChI=1S/C17H23ClN2O4/c1-10-5-4-6-11(2)20(10)16(21)9-24-17(22)12-7-13(18)14(19)8-15(12)23-3/h7-8,10-11H,4-6,9,19H2,1-3H3/t10-,11-/m1/s1. The molecular weight excluding hydrogens is 332 g/mol. The topological polar surface area (TPSA) is 81.9 Å². The van der Waals surface area contributed by atoms with Crippen molar-refractivity contribution >= 4 is 29.2 Å². The first kappa shape index (κ1) is 18.4. The predicted molar refractivity (Wildman–Crippen MR) is 92.3 cm³/mol. The third kappa shape index (κ3) is 3.93. The lowest BCUT2D eigenvalue weighted by molar-refractivity contribution is -0.140. The van der Waals surface area contributed by atoms with Gasteiger partial charge >= 0.3 is 5.97 Å². The third-order valence-electron chi connectivity index (χ3n) is 4.35. The Morgan fingerprint density at radius 3 is 2.50 bits per heavy atom. The van der Waals surface area contributed by atoms with E-state index >= 15 is 0 Å². The second kappa shape index (κ2) is 7.75. The molecule has 1 aliphatic rings. The first-order chi connectivity index (χ1) is 11.3. The molecule has 0 aromatic heterocycles. The maximum atomic E-state index is 12.4. The summed E-state index contributed by atoms with van der Waals surface area (Å²) in [6.45, 7) is 3.72. The molecule has 6 nitrogen and oxygen atoms in total. The number of halogens is 1. The van der Waals surface area contributed by atoms with Gasteiger partial charge in [-0.1, -0.05) is 11.6 Å². The summed E-state index contributed by atoms with van der Waals surface area (Å²) < 4.78 is 10.3. The van der Waals surface area contributed by atoms with Crippen molar-refractivity contribution in [1.29, 1.82) is 0 Å². The van der Waals surface area contributed by atoms with Gasteiger partial charge in [0.05, 0.1) is 17.8 Å². The monoisotopic (exact) mass is 354 g/mol. The van der Waals surface area contributed by atoms with Gasteiger partial charge in [0, 0.05) is 18.2 Å². The van der Waals surface area contributed by atoms with Crippen LogP contribution in [0.3, 0.4) is 0 Å². The molecule has 1 aromatic rings. The average Bonchev–Trinajstić information content (AvgIpc) is 2.54. The van der Waals surface area contributed by atoms with Gasteiger partial charge in [0.1, 0.15) is 11.3 Å². The predicted octanol–water partition coefficient (Wildman–Crippen LogP) is 2.88. The Bertz CT molecular complexity index is 625. The van der Waals surface area contributed by atoms with E-state index in [4.69, 9.17) is 26.8 Å². The highest BCUT2D eigenvalue weighted by Gasteiger charge is 2.29.